The van der Waals surface area contributed by atoms with Crippen molar-refractivity contribution < 1.29 is 8.54 Å². The highest BCUT2D eigenvalue weighted by Gasteiger charge is 2.15. The summed E-state index contributed by atoms with van der Waals surface area (Å²) >= 11 is 0. The molecule has 4 heteroatoms. The molecule has 0 N–H and O–H groups in total. The smallest absolute Gasteiger partial charge is 0.371 e. The second-order valence-corrected chi connectivity index (χ2v) is 8.34. The molecule has 0 saturated heterocycles. The van der Waals surface area contributed by atoms with Gasteiger partial charge in [-0.2, -0.15) is 0 Å². The van der Waals surface area contributed by atoms with Crippen LogP contribution in [-0.2, 0) is 8.54 Å². The maximum Gasteiger partial charge on any atom is 0.371 e. The van der Waals surface area contributed by atoms with Crippen molar-refractivity contribution in [1.29, 1.82) is 0 Å². The normalized spacial score (nSPS) is 14.1. The quantitative estimate of drug-likeness (QED) is 0.472. The molecule has 0 amide bonds. The molecule has 1 unspecified atom stereocenters. The molecule has 0 bridgehead atoms. The summed E-state index contributed by atoms with van der Waals surface area (Å²) in [7, 11) is -1.76. The van der Waals surface area contributed by atoms with Crippen LogP contribution in [0.5, 0.6) is 0 Å². The van der Waals surface area contributed by atoms with Gasteiger partial charge in [-0.05, 0) is 17.9 Å². The molecule has 1 atom stereocenters. The van der Waals surface area contributed by atoms with Gasteiger partial charge in [0.05, 0.1) is 6.26 Å². The van der Waals surface area contributed by atoms with Crippen LogP contribution < -0.4 is 0 Å². The van der Waals surface area contributed by atoms with E-state index in [1.54, 1.807) is 6.26 Å². The van der Waals surface area contributed by atoms with Crippen LogP contribution in [0.3, 0.4) is 0 Å². The van der Waals surface area contributed by atoms with E-state index in [9.17, 15) is 0 Å². The van der Waals surface area contributed by atoms with Crippen LogP contribution in [0.4, 0.5) is 0 Å². The second-order valence-electron chi connectivity index (χ2n) is 4.42. The van der Waals surface area contributed by atoms with Gasteiger partial charge in [0.1, 0.15) is 0 Å². The Labute approximate surface area is 92.5 Å². The van der Waals surface area contributed by atoms with E-state index in [2.05, 4.69) is 34.3 Å². The molecule has 0 heterocycles. The van der Waals surface area contributed by atoms with E-state index < -0.39 is 9.28 Å². The summed E-state index contributed by atoms with van der Waals surface area (Å²) in [6.07, 6.45) is 1.54. The molecule has 0 aliphatic rings. The van der Waals surface area contributed by atoms with E-state index >= 15 is 0 Å². The highest BCUT2D eigenvalue weighted by Crippen LogP contribution is 2.09. The second kappa shape index (κ2) is 8.26. The molecule has 0 radical (unpaired) electrons. The Morgan fingerprint density at radius 3 is 2.36 bits per heavy atom. The molecule has 2 nitrogen and oxygen atoms in total. The fourth-order valence-electron chi connectivity index (χ4n) is 1.09. The van der Waals surface area contributed by atoms with E-state index in [-0.39, 0.29) is 9.76 Å². The van der Waals surface area contributed by atoms with Gasteiger partial charge in [-0.25, -0.2) is 0 Å². The fraction of sp³-hybridized carbons (Fsp3) is 0.800. The summed E-state index contributed by atoms with van der Waals surface area (Å²) in [4.78, 5) is 0. The highest BCUT2D eigenvalue weighted by atomic mass is 28.4. The first-order valence-corrected chi connectivity index (χ1v) is 8.77. The Balaban J connectivity index is 3.66. The first kappa shape index (κ1) is 13.9. The van der Waals surface area contributed by atoms with Gasteiger partial charge >= 0.3 is 9.28 Å². The van der Waals surface area contributed by atoms with Gasteiger partial charge in [-0.1, -0.05) is 34.3 Å². The lowest BCUT2D eigenvalue weighted by molar-refractivity contribution is 0.375. The summed E-state index contributed by atoms with van der Waals surface area (Å²) in [5.74, 6) is 1.43. The monoisotopic (exact) mass is 232 g/mol. The van der Waals surface area contributed by atoms with E-state index in [0.29, 0.717) is 5.92 Å². The molecule has 0 aromatic carbocycles. The minimum atomic E-state index is -1.41. The van der Waals surface area contributed by atoms with Gasteiger partial charge < -0.3 is 8.54 Å². The van der Waals surface area contributed by atoms with Crippen molar-refractivity contribution in [3.63, 3.8) is 0 Å². The largest absolute Gasteiger partial charge is 0.530 e. The maximum atomic E-state index is 5.89. The summed E-state index contributed by atoms with van der Waals surface area (Å²) in [6, 6.07) is 2.35. The average Bonchev–Trinajstić information content (AvgIpc) is 2.02. The molecule has 0 aliphatic carbocycles. The Bertz CT molecular complexity index is 149. The van der Waals surface area contributed by atoms with Crippen LogP contribution in [0.1, 0.15) is 27.7 Å². The molecule has 84 valence electrons. The van der Waals surface area contributed by atoms with E-state index in [4.69, 9.17) is 8.54 Å². The minimum absolute atomic E-state index is 0.358. The van der Waals surface area contributed by atoms with Crippen molar-refractivity contribution >= 4 is 19.0 Å². The lowest BCUT2D eigenvalue weighted by Gasteiger charge is -2.17. The van der Waals surface area contributed by atoms with Crippen molar-refractivity contribution in [3.8, 4) is 0 Å². The zero-order valence-electron chi connectivity index (χ0n) is 9.95. The van der Waals surface area contributed by atoms with Crippen molar-refractivity contribution in [3.05, 3.63) is 12.8 Å². The Hall–Kier alpha value is -0.0662. The van der Waals surface area contributed by atoms with E-state index in [1.165, 1.54) is 6.04 Å². The molecule has 0 fully saturated rings. The van der Waals surface area contributed by atoms with Gasteiger partial charge in [0.25, 0.3) is 0 Å². The first-order valence-electron chi connectivity index (χ1n) is 5.44. The highest BCUT2D eigenvalue weighted by molar-refractivity contribution is 6.53. The standard InChI is InChI=1S/C10H24O2Si2/c1-6-11-14(8-10(4)5)12-13-7-9(2)3/h6,9-10,14H,1,7-8,13H2,2-5H3. The summed E-state index contributed by atoms with van der Waals surface area (Å²) in [6.45, 7) is 12.5. The lowest BCUT2D eigenvalue weighted by atomic mass is 10.3. The lowest BCUT2D eigenvalue weighted by Crippen LogP contribution is -2.24. The van der Waals surface area contributed by atoms with Crippen LogP contribution in [0, 0.1) is 11.8 Å². The zero-order valence-corrected chi connectivity index (χ0v) is 12.5. The van der Waals surface area contributed by atoms with E-state index in [1.807, 2.05) is 0 Å². The number of hydrogen-bond acceptors (Lipinski definition) is 2. The van der Waals surface area contributed by atoms with Crippen LogP contribution in [0.15, 0.2) is 12.8 Å². The van der Waals surface area contributed by atoms with Gasteiger partial charge in [0, 0.05) is 6.04 Å². The third-order valence-electron chi connectivity index (χ3n) is 1.91. The zero-order chi connectivity index (χ0) is 11.0. The fourth-order valence-corrected chi connectivity index (χ4v) is 5.11. The summed E-state index contributed by atoms with van der Waals surface area (Å²) in [5.41, 5.74) is 0. The molecule has 14 heavy (non-hydrogen) atoms. The van der Waals surface area contributed by atoms with Gasteiger partial charge in [0.2, 0.25) is 0 Å². The molecule has 0 aromatic heterocycles. The Morgan fingerprint density at radius 2 is 1.93 bits per heavy atom. The topological polar surface area (TPSA) is 18.5 Å². The molecular formula is C10H24O2Si2. The Kier molecular flexibility index (Phi) is 8.22. The van der Waals surface area contributed by atoms with Crippen LogP contribution in [-0.4, -0.2) is 19.0 Å². The summed E-state index contributed by atoms with van der Waals surface area (Å²) in [5, 5.41) is 0. The van der Waals surface area contributed by atoms with Gasteiger partial charge in [0.15, 0.2) is 9.76 Å². The van der Waals surface area contributed by atoms with Crippen molar-refractivity contribution in [2.45, 2.75) is 39.8 Å². The molecule has 0 aromatic rings. The van der Waals surface area contributed by atoms with Gasteiger partial charge in [-0.15, -0.1) is 0 Å². The third kappa shape index (κ3) is 8.53. The SMILES string of the molecule is C=CO[SiH](CC(C)C)O[SiH2]CC(C)C. The maximum absolute atomic E-state index is 5.89. The van der Waals surface area contributed by atoms with Crippen LogP contribution in [0.25, 0.3) is 0 Å². The predicted octanol–water partition coefficient (Wildman–Crippen LogP) is 2.20. The van der Waals surface area contributed by atoms with E-state index in [0.717, 1.165) is 12.0 Å². The van der Waals surface area contributed by atoms with Crippen LogP contribution in [0.2, 0.25) is 12.1 Å². The average molecular weight is 232 g/mol. The molecular weight excluding hydrogens is 208 g/mol. The number of rotatable bonds is 8. The molecule has 0 rings (SSSR count). The molecule has 0 saturated carbocycles. The Morgan fingerprint density at radius 1 is 1.29 bits per heavy atom. The van der Waals surface area contributed by atoms with Crippen molar-refractivity contribution in [2.75, 3.05) is 0 Å². The van der Waals surface area contributed by atoms with Crippen molar-refractivity contribution in [2.24, 2.45) is 11.8 Å². The van der Waals surface area contributed by atoms with Gasteiger partial charge in [-0.3, -0.25) is 0 Å². The summed E-state index contributed by atoms with van der Waals surface area (Å²) < 4.78 is 11.3. The number of hydrogen-bond donors (Lipinski definition) is 0. The predicted molar refractivity (Wildman–Crippen MR) is 67.4 cm³/mol. The first-order chi connectivity index (χ1) is 6.56. The van der Waals surface area contributed by atoms with Crippen molar-refractivity contribution in [1.82, 2.24) is 0 Å². The third-order valence-corrected chi connectivity index (χ3v) is 7.55. The molecule has 0 spiro atoms. The van der Waals surface area contributed by atoms with Crippen LogP contribution >= 0.6 is 0 Å². The molecule has 0 aliphatic heterocycles. The minimum Gasteiger partial charge on any atom is -0.530 e.